The first-order valence-electron chi connectivity index (χ1n) is 9.46. The van der Waals surface area contributed by atoms with Crippen LogP contribution in [0.5, 0.6) is 0 Å². The van der Waals surface area contributed by atoms with Crippen molar-refractivity contribution >= 4 is 34.4 Å². The molecule has 4 rings (SSSR count). The molecular weight excluding hydrogens is 394 g/mol. The van der Waals surface area contributed by atoms with Crippen LogP contribution in [0.1, 0.15) is 44.1 Å². The third kappa shape index (κ3) is 3.40. The monoisotopic (exact) mass is 417 g/mol. The number of aliphatic hydroxyl groups excluding tert-OH is 1. The largest absolute Gasteiger partial charge is 0.503 e. The topological polar surface area (TPSA) is 73.7 Å². The summed E-state index contributed by atoms with van der Waals surface area (Å²) >= 11 is 2.80. The van der Waals surface area contributed by atoms with Gasteiger partial charge in [-0.05, 0) is 51.2 Å². The first-order chi connectivity index (χ1) is 13.5. The maximum atomic E-state index is 13.3. The number of hydrogen-bond acceptors (Lipinski definition) is 7. The molecule has 1 amide bonds. The van der Waals surface area contributed by atoms with Crippen molar-refractivity contribution in [2.24, 2.45) is 0 Å². The molecule has 2 aromatic rings. The molecule has 148 valence electrons. The van der Waals surface area contributed by atoms with Crippen LogP contribution in [-0.2, 0) is 4.79 Å². The molecule has 2 aliphatic heterocycles. The van der Waals surface area contributed by atoms with Gasteiger partial charge < -0.3 is 14.9 Å². The van der Waals surface area contributed by atoms with Crippen molar-refractivity contribution in [3.63, 3.8) is 0 Å². The zero-order valence-corrected chi connectivity index (χ0v) is 17.6. The van der Waals surface area contributed by atoms with Gasteiger partial charge in [-0.3, -0.25) is 9.59 Å². The van der Waals surface area contributed by atoms with Gasteiger partial charge >= 0.3 is 0 Å². The number of nitrogens with zero attached hydrogens (tertiary/aromatic N) is 3. The number of rotatable bonds is 6. The fourth-order valence-electron chi connectivity index (χ4n) is 3.98. The fraction of sp³-hybridized carbons (Fsp3) is 0.450. The molecule has 0 aromatic carbocycles. The number of thiophene rings is 1. The van der Waals surface area contributed by atoms with E-state index >= 15 is 0 Å². The molecule has 28 heavy (non-hydrogen) atoms. The lowest BCUT2D eigenvalue weighted by atomic mass is 10.0. The number of aliphatic hydroxyl groups is 1. The van der Waals surface area contributed by atoms with Crippen LogP contribution in [0.4, 0.5) is 0 Å². The average molecular weight is 418 g/mol. The van der Waals surface area contributed by atoms with Gasteiger partial charge in [-0.2, -0.15) is 0 Å². The molecule has 1 unspecified atom stereocenters. The van der Waals surface area contributed by atoms with Crippen LogP contribution < -0.4 is 0 Å². The first kappa shape index (κ1) is 19.3. The summed E-state index contributed by atoms with van der Waals surface area (Å²) in [7, 11) is 0. The highest BCUT2D eigenvalue weighted by Gasteiger charge is 2.44. The summed E-state index contributed by atoms with van der Waals surface area (Å²) in [6.07, 6.45) is 2.36. The molecule has 1 fully saturated rings. The van der Waals surface area contributed by atoms with Gasteiger partial charge in [0.05, 0.1) is 27.2 Å². The standard InChI is InChI=1S/C20H23N3O3S2/c1-12-19(28-13(2)21-12)17(24)15-16(14-6-5-11-27-14)23(20(26)18(15)25)10-9-22-7-3-4-8-22/h5-6,11,16,25H,3-4,7-10H2,1-2H3. The Morgan fingerprint density at radius 2 is 2.04 bits per heavy atom. The molecule has 2 aromatic heterocycles. The molecule has 6 nitrogen and oxygen atoms in total. The van der Waals surface area contributed by atoms with Gasteiger partial charge in [-0.15, -0.1) is 22.7 Å². The Kier molecular flexibility index (Phi) is 5.35. The summed E-state index contributed by atoms with van der Waals surface area (Å²) in [6.45, 7) is 6.95. The van der Waals surface area contributed by atoms with Crippen LogP contribution >= 0.6 is 22.7 Å². The third-order valence-corrected chi connectivity index (χ3v) is 7.32. The lowest BCUT2D eigenvalue weighted by Crippen LogP contribution is -2.37. The van der Waals surface area contributed by atoms with Crippen molar-refractivity contribution in [1.82, 2.24) is 14.8 Å². The SMILES string of the molecule is Cc1nc(C)c(C(=O)C2=C(O)C(=O)N(CCN3CCCC3)C2c2cccs2)s1. The number of hydrogen-bond donors (Lipinski definition) is 1. The number of likely N-dealkylation sites (tertiary alicyclic amines) is 1. The van der Waals surface area contributed by atoms with Crippen molar-refractivity contribution in [3.05, 3.63) is 49.3 Å². The number of ketones is 1. The van der Waals surface area contributed by atoms with Crippen LogP contribution in [0.15, 0.2) is 28.8 Å². The van der Waals surface area contributed by atoms with Crippen molar-refractivity contribution in [1.29, 1.82) is 0 Å². The molecule has 0 bridgehead atoms. The van der Waals surface area contributed by atoms with Crippen molar-refractivity contribution in [3.8, 4) is 0 Å². The Morgan fingerprint density at radius 3 is 2.64 bits per heavy atom. The van der Waals surface area contributed by atoms with Crippen molar-refractivity contribution < 1.29 is 14.7 Å². The van der Waals surface area contributed by atoms with E-state index < -0.39 is 17.7 Å². The van der Waals surface area contributed by atoms with Crippen molar-refractivity contribution in [2.45, 2.75) is 32.7 Å². The fourth-order valence-corrected chi connectivity index (χ4v) is 5.70. The minimum absolute atomic E-state index is 0.181. The molecule has 8 heteroatoms. The van der Waals surface area contributed by atoms with Gasteiger partial charge in [-0.1, -0.05) is 6.07 Å². The summed E-state index contributed by atoms with van der Waals surface area (Å²) in [5.74, 6) is -1.17. The molecule has 1 atom stereocenters. The molecular formula is C20H23N3O3S2. The summed E-state index contributed by atoms with van der Waals surface area (Å²) < 4.78 is 0. The van der Waals surface area contributed by atoms with Crippen LogP contribution in [0.2, 0.25) is 0 Å². The van der Waals surface area contributed by atoms with E-state index in [-0.39, 0.29) is 11.4 Å². The van der Waals surface area contributed by atoms with E-state index in [0.717, 1.165) is 29.5 Å². The van der Waals surface area contributed by atoms with Crippen LogP contribution in [0.25, 0.3) is 0 Å². The number of amides is 1. The molecule has 2 aliphatic rings. The lowest BCUT2D eigenvalue weighted by molar-refractivity contribution is -0.129. The molecule has 0 radical (unpaired) electrons. The molecule has 0 saturated carbocycles. The maximum Gasteiger partial charge on any atom is 0.290 e. The zero-order chi connectivity index (χ0) is 19.8. The second kappa shape index (κ2) is 7.77. The second-order valence-corrected chi connectivity index (χ2v) is 9.39. The summed E-state index contributed by atoms with van der Waals surface area (Å²) in [5, 5.41) is 13.4. The van der Waals surface area contributed by atoms with Crippen molar-refractivity contribution in [2.75, 3.05) is 26.2 Å². The van der Waals surface area contributed by atoms with E-state index in [1.54, 1.807) is 11.8 Å². The maximum absolute atomic E-state index is 13.3. The van der Waals surface area contributed by atoms with E-state index in [4.69, 9.17) is 0 Å². The third-order valence-electron chi connectivity index (χ3n) is 5.33. The lowest BCUT2D eigenvalue weighted by Gasteiger charge is -2.27. The predicted molar refractivity (Wildman–Crippen MR) is 110 cm³/mol. The van der Waals surface area contributed by atoms with E-state index in [1.165, 1.54) is 35.5 Å². The number of thiazole rings is 1. The summed E-state index contributed by atoms with van der Waals surface area (Å²) in [6, 6.07) is 3.29. The van der Waals surface area contributed by atoms with E-state index in [2.05, 4.69) is 9.88 Å². The average Bonchev–Trinajstić information content (AvgIpc) is 3.43. The minimum atomic E-state index is -0.538. The minimum Gasteiger partial charge on any atom is -0.503 e. The highest BCUT2D eigenvalue weighted by atomic mass is 32.1. The van der Waals surface area contributed by atoms with Gasteiger partial charge in [0.15, 0.2) is 5.76 Å². The van der Waals surface area contributed by atoms with E-state index in [0.29, 0.717) is 17.1 Å². The zero-order valence-electron chi connectivity index (χ0n) is 16.0. The highest BCUT2D eigenvalue weighted by Crippen LogP contribution is 2.41. The Hall–Kier alpha value is -2.03. The highest BCUT2D eigenvalue weighted by molar-refractivity contribution is 7.14. The second-order valence-electron chi connectivity index (χ2n) is 7.20. The van der Waals surface area contributed by atoms with Gasteiger partial charge in [0.2, 0.25) is 5.78 Å². The van der Waals surface area contributed by atoms with Gasteiger partial charge in [0.25, 0.3) is 5.91 Å². The van der Waals surface area contributed by atoms with Gasteiger partial charge in [0, 0.05) is 18.0 Å². The number of carbonyl (C=O) groups is 2. The van der Waals surface area contributed by atoms with Crippen LogP contribution in [0, 0.1) is 13.8 Å². The molecule has 4 heterocycles. The van der Waals surface area contributed by atoms with E-state index in [9.17, 15) is 14.7 Å². The quantitative estimate of drug-likeness (QED) is 0.729. The predicted octanol–water partition coefficient (Wildman–Crippen LogP) is 3.50. The number of aryl methyl sites for hydroxylation is 2. The normalized spacial score (nSPS) is 20.6. The Bertz CT molecular complexity index is 927. The first-order valence-corrected chi connectivity index (χ1v) is 11.2. The molecule has 1 saturated heterocycles. The Balaban J connectivity index is 1.68. The molecule has 0 spiro atoms. The smallest absolute Gasteiger partial charge is 0.290 e. The summed E-state index contributed by atoms with van der Waals surface area (Å²) in [5.41, 5.74) is 0.821. The summed E-state index contributed by atoms with van der Waals surface area (Å²) in [4.78, 5) is 35.9. The van der Waals surface area contributed by atoms with Gasteiger partial charge in [-0.25, -0.2) is 4.98 Å². The van der Waals surface area contributed by atoms with Gasteiger partial charge in [0.1, 0.15) is 0 Å². The Labute approximate surface area is 172 Å². The number of Topliss-reactive ketones (excluding diaryl/α,β-unsaturated/α-hetero) is 1. The van der Waals surface area contributed by atoms with E-state index in [1.807, 2.05) is 24.4 Å². The number of aromatic nitrogens is 1. The molecule has 1 N–H and O–H groups in total. The van der Waals surface area contributed by atoms with Crippen LogP contribution in [-0.4, -0.2) is 57.8 Å². The van der Waals surface area contributed by atoms with Crippen LogP contribution in [0.3, 0.4) is 0 Å². The Morgan fingerprint density at radius 1 is 1.29 bits per heavy atom. The number of carbonyl (C=O) groups excluding carboxylic acids is 2. The molecule has 0 aliphatic carbocycles.